The van der Waals surface area contributed by atoms with Crippen molar-refractivity contribution in [3.63, 3.8) is 0 Å². The van der Waals surface area contributed by atoms with Gasteiger partial charge in [0.25, 0.3) is 0 Å². The molecule has 2 amide bonds. The molecule has 0 bridgehead atoms. The number of amides is 2. The van der Waals surface area contributed by atoms with Crippen LogP contribution in [0.15, 0.2) is 0 Å². The molecule has 0 aliphatic heterocycles. The molecule has 1 aliphatic carbocycles. The fraction of sp³-hybridized carbons (Fsp3) is 0.857. The minimum absolute atomic E-state index is 0.0214. The SMILES string of the molecule is CC(C)(C)OC(=O)NCCC(=O)NCCCC1CC1. The van der Waals surface area contributed by atoms with E-state index in [1.165, 1.54) is 19.3 Å². The van der Waals surface area contributed by atoms with Gasteiger partial charge in [-0.3, -0.25) is 4.79 Å². The predicted octanol–water partition coefficient (Wildman–Crippen LogP) is 2.21. The highest BCUT2D eigenvalue weighted by atomic mass is 16.6. The molecular formula is C14H26N2O3. The van der Waals surface area contributed by atoms with Gasteiger partial charge < -0.3 is 15.4 Å². The van der Waals surface area contributed by atoms with Crippen LogP contribution < -0.4 is 10.6 Å². The van der Waals surface area contributed by atoms with Gasteiger partial charge in [-0.2, -0.15) is 0 Å². The summed E-state index contributed by atoms with van der Waals surface area (Å²) in [5.41, 5.74) is -0.505. The van der Waals surface area contributed by atoms with Gasteiger partial charge >= 0.3 is 6.09 Å². The van der Waals surface area contributed by atoms with Crippen molar-refractivity contribution in [2.75, 3.05) is 13.1 Å². The van der Waals surface area contributed by atoms with Crippen LogP contribution in [-0.4, -0.2) is 30.7 Å². The summed E-state index contributed by atoms with van der Waals surface area (Å²) in [4.78, 5) is 22.8. The summed E-state index contributed by atoms with van der Waals surface area (Å²) in [7, 11) is 0. The predicted molar refractivity (Wildman–Crippen MR) is 73.8 cm³/mol. The van der Waals surface area contributed by atoms with E-state index in [0.29, 0.717) is 13.0 Å². The van der Waals surface area contributed by atoms with Crippen molar-refractivity contribution in [3.05, 3.63) is 0 Å². The maximum atomic E-state index is 11.5. The Labute approximate surface area is 115 Å². The molecule has 0 aromatic carbocycles. The van der Waals surface area contributed by atoms with Crippen molar-refractivity contribution in [2.45, 2.75) is 58.5 Å². The van der Waals surface area contributed by atoms with E-state index < -0.39 is 11.7 Å². The van der Waals surface area contributed by atoms with E-state index in [-0.39, 0.29) is 5.91 Å². The zero-order valence-electron chi connectivity index (χ0n) is 12.3. The molecule has 110 valence electrons. The van der Waals surface area contributed by atoms with Crippen LogP contribution in [0.1, 0.15) is 52.9 Å². The Hall–Kier alpha value is -1.26. The molecule has 2 N–H and O–H groups in total. The standard InChI is InChI=1S/C14H26N2O3/c1-14(2,3)19-13(18)16-10-8-12(17)15-9-4-5-11-6-7-11/h11H,4-10H2,1-3H3,(H,15,17)(H,16,18). The van der Waals surface area contributed by atoms with E-state index in [4.69, 9.17) is 4.74 Å². The molecular weight excluding hydrogens is 244 g/mol. The highest BCUT2D eigenvalue weighted by Crippen LogP contribution is 2.33. The lowest BCUT2D eigenvalue weighted by molar-refractivity contribution is -0.120. The van der Waals surface area contributed by atoms with Crippen LogP contribution in [0, 0.1) is 5.92 Å². The van der Waals surface area contributed by atoms with Gasteiger partial charge in [0.15, 0.2) is 0 Å². The van der Waals surface area contributed by atoms with E-state index >= 15 is 0 Å². The fourth-order valence-electron chi connectivity index (χ4n) is 1.71. The average Bonchev–Trinajstić information content (AvgIpc) is 3.05. The number of ether oxygens (including phenoxy) is 1. The molecule has 1 rings (SSSR count). The minimum atomic E-state index is -0.505. The number of carbonyl (C=O) groups is 2. The third-order valence-electron chi connectivity index (χ3n) is 2.83. The minimum Gasteiger partial charge on any atom is -0.444 e. The fourth-order valence-corrected chi connectivity index (χ4v) is 1.71. The Morgan fingerprint density at radius 2 is 1.84 bits per heavy atom. The molecule has 1 aliphatic rings. The van der Waals surface area contributed by atoms with Crippen LogP contribution in [-0.2, 0) is 9.53 Å². The zero-order valence-corrected chi connectivity index (χ0v) is 12.3. The van der Waals surface area contributed by atoms with Crippen LogP contribution in [0.25, 0.3) is 0 Å². The Morgan fingerprint density at radius 1 is 1.16 bits per heavy atom. The first-order valence-electron chi connectivity index (χ1n) is 7.10. The lowest BCUT2D eigenvalue weighted by atomic mass is 10.2. The molecule has 0 aromatic heterocycles. The first-order valence-corrected chi connectivity index (χ1v) is 7.10. The maximum absolute atomic E-state index is 11.5. The molecule has 19 heavy (non-hydrogen) atoms. The molecule has 0 saturated heterocycles. The molecule has 0 unspecified atom stereocenters. The average molecular weight is 270 g/mol. The third kappa shape index (κ3) is 9.33. The summed E-state index contributed by atoms with van der Waals surface area (Å²) in [5.74, 6) is 0.887. The lowest BCUT2D eigenvalue weighted by Crippen LogP contribution is -2.35. The van der Waals surface area contributed by atoms with Gasteiger partial charge in [0.2, 0.25) is 5.91 Å². The van der Waals surface area contributed by atoms with Crippen molar-refractivity contribution >= 4 is 12.0 Å². The normalized spacial score (nSPS) is 14.9. The Bertz CT molecular complexity index is 306. The van der Waals surface area contributed by atoms with Gasteiger partial charge in [-0.1, -0.05) is 12.8 Å². The quantitative estimate of drug-likeness (QED) is 0.697. The smallest absolute Gasteiger partial charge is 0.407 e. The second-order valence-corrected chi connectivity index (χ2v) is 6.11. The second-order valence-electron chi connectivity index (χ2n) is 6.11. The summed E-state index contributed by atoms with van der Waals surface area (Å²) in [6, 6.07) is 0. The molecule has 0 aromatic rings. The lowest BCUT2D eigenvalue weighted by Gasteiger charge is -2.19. The summed E-state index contributed by atoms with van der Waals surface area (Å²) in [5, 5.41) is 5.42. The first kappa shape index (κ1) is 15.8. The van der Waals surface area contributed by atoms with Gasteiger partial charge in [0.05, 0.1) is 0 Å². The summed E-state index contributed by atoms with van der Waals surface area (Å²) in [6.07, 6.45) is 4.80. The van der Waals surface area contributed by atoms with Crippen LogP contribution in [0.3, 0.4) is 0 Å². The van der Waals surface area contributed by atoms with Gasteiger partial charge in [0, 0.05) is 19.5 Å². The summed E-state index contributed by atoms with van der Waals surface area (Å²) < 4.78 is 5.07. The highest BCUT2D eigenvalue weighted by Gasteiger charge is 2.20. The van der Waals surface area contributed by atoms with Crippen LogP contribution in [0.5, 0.6) is 0 Å². The molecule has 5 heteroatoms. The Kier molecular flexibility index (Phi) is 6.12. The number of hydrogen-bond acceptors (Lipinski definition) is 3. The van der Waals surface area contributed by atoms with Crippen molar-refractivity contribution in [3.8, 4) is 0 Å². The molecule has 0 heterocycles. The molecule has 1 saturated carbocycles. The van der Waals surface area contributed by atoms with Crippen molar-refractivity contribution < 1.29 is 14.3 Å². The highest BCUT2D eigenvalue weighted by molar-refractivity contribution is 5.76. The van der Waals surface area contributed by atoms with Gasteiger partial charge in [0.1, 0.15) is 5.60 Å². The van der Waals surface area contributed by atoms with Crippen LogP contribution >= 0.6 is 0 Å². The Balaban J connectivity index is 1.95. The van der Waals surface area contributed by atoms with E-state index in [2.05, 4.69) is 10.6 Å². The van der Waals surface area contributed by atoms with E-state index in [9.17, 15) is 9.59 Å². The molecule has 0 atom stereocenters. The molecule has 0 spiro atoms. The monoisotopic (exact) mass is 270 g/mol. The number of rotatable bonds is 7. The number of carbonyl (C=O) groups excluding carboxylic acids is 2. The Morgan fingerprint density at radius 3 is 2.42 bits per heavy atom. The van der Waals surface area contributed by atoms with E-state index in [1.54, 1.807) is 20.8 Å². The summed E-state index contributed by atoms with van der Waals surface area (Å²) >= 11 is 0. The van der Waals surface area contributed by atoms with Crippen LogP contribution in [0.4, 0.5) is 4.79 Å². The number of hydrogen-bond donors (Lipinski definition) is 2. The van der Waals surface area contributed by atoms with Crippen LogP contribution in [0.2, 0.25) is 0 Å². The first-order chi connectivity index (χ1) is 8.87. The van der Waals surface area contributed by atoms with Gasteiger partial charge in [-0.25, -0.2) is 4.79 Å². The van der Waals surface area contributed by atoms with Crippen molar-refractivity contribution in [1.29, 1.82) is 0 Å². The molecule has 0 radical (unpaired) electrons. The van der Waals surface area contributed by atoms with E-state index in [1.807, 2.05) is 0 Å². The molecule has 5 nitrogen and oxygen atoms in total. The maximum Gasteiger partial charge on any atom is 0.407 e. The summed E-state index contributed by atoms with van der Waals surface area (Å²) in [6.45, 7) is 6.46. The second kappa shape index (κ2) is 7.36. The third-order valence-corrected chi connectivity index (χ3v) is 2.83. The zero-order chi connectivity index (χ0) is 14.3. The number of alkyl carbamates (subject to hydrolysis) is 1. The van der Waals surface area contributed by atoms with Crippen molar-refractivity contribution in [2.24, 2.45) is 5.92 Å². The van der Waals surface area contributed by atoms with E-state index in [0.717, 1.165) is 18.9 Å². The van der Waals surface area contributed by atoms with Gasteiger partial charge in [-0.15, -0.1) is 0 Å². The number of nitrogens with one attached hydrogen (secondary N) is 2. The van der Waals surface area contributed by atoms with Gasteiger partial charge in [-0.05, 0) is 39.5 Å². The largest absolute Gasteiger partial charge is 0.444 e. The molecule has 1 fully saturated rings. The van der Waals surface area contributed by atoms with Crippen molar-refractivity contribution in [1.82, 2.24) is 10.6 Å². The topological polar surface area (TPSA) is 67.4 Å².